The molecule has 0 saturated carbocycles. The summed E-state index contributed by atoms with van der Waals surface area (Å²) in [6.45, 7) is 7.45. The first-order valence-electron chi connectivity index (χ1n) is 11.1. The Morgan fingerprint density at radius 3 is 2.61 bits per heavy atom. The number of aliphatic imine (C=N–C) groups is 1. The molecule has 162 valence electrons. The van der Waals surface area contributed by atoms with E-state index in [9.17, 15) is 9.59 Å². The van der Waals surface area contributed by atoms with Crippen LogP contribution in [0.3, 0.4) is 0 Å². The third-order valence-electron chi connectivity index (χ3n) is 6.10. The Hall–Kier alpha value is -2.99. The largest absolute Gasteiger partial charge is 0.494 e. The van der Waals surface area contributed by atoms with Crippen molar-refractivity contribution >= 4 is 23.7 Å². The predicted molar refractivity (Wildman–Crippen MR) is 122 cm³/mol. The van der Waals surface area contributed by atoms with Crippen LogP contribution in [0.4, 0.5) is 5.69 Å². The van der Waals surface area contributed by atoms with Gasteiger partial charge in [-0.15, -0.1) is 0 Å². The van der Waals surface area contributed by atoms with Crippen molar-refractivity contribution in [2.75, 3.05) is 31.1 Å². The van der Waals surface area contributed by atoms with Crippen LogP contribution in [0.15, 0.2) is 53.5 Å². The van der Waals surface area contributed by atoms with Crippen molar-refractivity contribution in [1.29, 1.82) is 0 Å². The lowest BCUT2D eigenvalue weighted by Gasteiger charge is -2.31. The van der Waals surface area contributed by atoms with E-state index in [-0.39, 0.29) is 11.8 Å². The topological polar surface area (TPSA) is 62.2 Å². The summed E-state index contributed by atoms with van der Waals surface area (Å²) in [6, 6.07) is 14.8. The number of fused-ring (bicyclic) bond motifs is 1. The highest BCUT2D eigenvalue weighted by atomic mass is 16.5. The van der Waals surface area contributed by atoms with Crippen LogP contribution in [0.25, 0.3) is 0 Å². The Labute approximate surface area is 183 Å². The van der Waals surface area contributed by atoms with Crippen molar-refractivity contribution in [3.8, 4) is 5.75 Å². The molecule has 2 amide bonds. The number of hydrogen-bond donors (Lipinski definition) is 0. The van der Waals surface area contributed by atoms with Gasteiger partial charge >= 0.3 is 0 Å². The van der Waals surface area contributed by atoms with Crippen LogP contribution in [0.2, 0.25) is 0 Å². The number of rotatable bonds is 7. The summed E-state index contributed by atoms with van der Waals surface area (Å²) in [6.07, 6.45) is 4.07. The zero-order chi connectivity index (χ0) is 21.8. The molecule has 4 rings (SSSR count). The van der Waals surface area contributed by atoms with Gasteiger partial charge in [-0.25, -0.2) is 4.90 Å². The molecule has 1 fully saturated rings. The lowest BCUT2D eigenvalue weighted by Crippen LogP contribution is -2.45. The van der Waals surface area contributed by atoms with Gasteiger partial charge in [0.2, 0.25) is 5.91 Å². The minimum Gasteiger partial charge on any atom is -0.494 e. The highest BCUT2D eigenvalue weighted by molar-refractivity contribution is 6.29. The maximum Gasteiger partial charge on any atom is 0.265 e. The molecular formula is C25H29N3O3. The van der Waals surface area contributed by atoms with E-state index in [4.69, 9.17) is 4.74 Å². The van der Waals surface area contributed by atoms with Gasteiger partial charge in [0.1, 0.15) is 5.75 Å². The van der Waals surface area contributed by atoms with Crippen LogP contribution in [-0.2, 0) is 4.79 Å². The number of likely N-dealkylation sites (N-methyl/N-ethyl adjacent to an activating group) is 1. The molecule has 2 heterocycles. The Bertz CT molecular complexity index is 970. The number of ether oxygens (including phenoxy) is 1. The molecule has 0 bridgehead atoms. The zero-order valence-electron chi connectivity index (χ0n) is 18.2. The van der Waals surface area contributed by atoms with E-state index < -0.39 is 5.92 Å². The minimum absolute atomic E-state index is 0.268. The fraction of sp³-hybridized carbons (Fsp3) is 0.400. The summed E-state index contributed by atoms with van der Waals surface area (Å²) < 4.78 is 5.49. The Balaban J connectivity index is 1.61. The molecule has 31 heavy (non-hydrogen) atoms. The van der Waals surface area contributed by atoms with E-state index in [0.29, 0.717) is 36.2 Å². The summed E-state index contributed by atoms with van der Waals surface area (Å²) in [5, 5.41) is 0. The molecule has 0 radical (unpaired) electrons. The number of amides is 2. The van der Waals surface area contributed by atoms with Crippen LogP contribution < -0.4 is 9.64 Å². The SMILES string of the molecule is CCOc1ccc(N2C(=O)c3ccccc3C(C=NC[C@H]3CCCN3CC)C2=O)cc1. The molecule has 0 aliphatic carbocycles. The highest BCUT2D eigenvalue weighted by Crippen LogP contribution is 2.32. The monoisotopic (exact) mass is 419 g/mol. The smallest absolute Gasteiger partial charge is 0.265 e. The van der Waals surface area contributed by atoms with Crippen molar-refractivity contribution < 1.29 is 14.3 Å². The van der Waals surface area contributed by atoms with E-state index in [1.54, 1.807) is 36.5 Å². The number of likely N-dealkylation sites (tertiary alicyclic amines) is 1. The maximum absolute atomic E-state index is 13.4. The van der Waals surface area contributed by atoms with Crippen molar-refractivity contribution in [2.45, 2.75) is 38.6 Å². The van der Waals surface area contributed by atoms with Crippen LogP contribution >= 0.6 is 0 Å². The van der Waals surface area contributed by atoms with E-state index >= 15 is 0 Å². The minimum atomic E-state index is -0.572. The zero-order valence-corrected chi connectivity index (χ0v) is 18.2. The number of anilines is 1. The second-order valence-electron chi connectivity index (χ2n) is 7.91. The third-order valence-corrected chi connectivity index (χ3v) is 6.10. The summed E-state index contributed by atoms with van der Waals surface area (Å²) >= 11 is 0. The number of nitrogens with zero attached hydrogens (tertiary/aromatic N) is 3. The number of carbonyl (C=O) groups excluding carboxylic acids is 2. The van der Waals surface area contributed by atoms with Gasteiger partial charge in [0.15, 0.2) is 0 Å². The number of imide groups is 1. The average molecular weight is 420 g/mol. The van der Waals surface area contributed by atoms with Gasteiger partial charge in [-0.2, -0.15) is 0 Å². The summed E-state index contributed by atoms with van der Waals surface area (Å²) in [5.41, 5.74) is 1.81. The molecule has 6 heteroatoms. The third kappa shape index (κ3) is 4.26. The maximum atomic E-state index is 13.4. The number of hydrogen-bond acceptors (Lipinski definition) is 5. The van der Waals surface area contributed by atoms with Crippen molar-refractivity contribution in [3.05, 3.63) is 59.7 Å². The predicted octanol–water partition coefficient (Wildman–Crippen LogP) is 3.91. The molecule has 1 unspecified atom stereocenters. The van der Waals surface area contributed by atoms with Gasteiger partial charge in [0.25, 0.3) is 5.91 Å². The van der Waals surface area contributed by atoms with Crippen molar-refractivity contribution in [2.24, 2.45) is 4.99 Å². The van der Waals surface area contributed by atoms with Gasteiger partial charge < -0.3 is 4.74 Å². The first kappa shape index (κ1) is 21.2. The summed E-state index contributed by atoms with van der Waals surface area (Å²) in [7, 11) is 0. The molecule has 6 nitrogen and oxygen atoms in total. The lowest BCUT2D eigenvalue weighted by atomic mass is 9.89. The fourth-order valence-corrected chi connectivity index (χ4v) is 4.51. The molecule has 2 aromatic rings. The van der Waals surface area contributed by atoms with Gasteiger partial charge in [-0.1, -0.05) is 25.1 Å². The van der Waals surface area contributed by atoms with Gasteiger partial charge in [0.05, 0.1) is 24.8 Å². The first-order chi connectivity index (χ1) is 15.1. The highest BCUT2D eigenvalue weighted by Gasteiger charge is 2.38. The van der Waals surface area contributed by atoms with Crippen LogP contribution in [0.5, 0.6) is 5.75 Å². The fourth-order valence-electron chi connectivity index (χ4n) is 4.51. The molecule has 0 N–H and O–H groups in total. The van der Waals surface area contributed by atoms with E-state index in [2.05, 4.69) is 16.8 Å². The first-order valence-corrected chi connectivity index (χ1v) is 11.1. The normalized spacial score (nSPS) is 21.7. The Morgan fingerprint density at radius 2 is 1.87 bits per heavy atom. The molecule has 2 atom stereocenters. The quantitative estimate of drug-likeness (QED) is 0.504. The number of carbonyl (C=O) groups is 2. The van der Waals surface area contributed by atoms with Gasteiger partial charge in [-0.05, 0) is 68.8 Å². The Kier molecular flexibility index (Phi) is 6.47. The van der Waals surface area contributed by atoms with Crippen molar-refractivity contribution in [1.82, 2.24) is 4.90 Å². The van der Waals surface area contributed by atoms with E-state index in [0.717, 1.165) is 25.1 Å². The molecule has 0 spiro atoms. The second-order valence-corrected chi connectivity index (χ2v) is 7.91. The molecule has 2 aliphatic rings. The molecule has 1 saturated heterocycles. The number of benzene rings is 2. The average Bonchev–Trinajstić information content (AvgIpc) is 3.25. The lowest BCUT2D eigenvalue weighted by molar-refractivity contribution is -0.118. The van der Waals surface area contributed by atoms with Crippen LogP contribution in [0, 0.1) is 0 Å². The molecular weight excluding hydrogens is 390 g/mol. The van der Waals surface area contributed by atoms with E-state index in [1.807, 2.05) is 25.1 Å². The molecule has 0 aromatic heterocycles. The standard InChI is InChI=1S/C25H29N3O3/c1-3-27-15-7-8-19(27)16-26-17-23-21-9-5-6-10-22(21)24(29)28(25(23)30)18-11-13-20(14-12-18)31-4-2/h5-6,9-14,17,19,23H,3-4,7-8,15-16H2,1-2H3/t19-,23?/m1/s1. The molecule has 2 aromatic carbocycles. The Morgan fingerprint density at radius 1 is 1.10 bits per heavy atom. The van der Waals surface area contributed by atoms with Gasteiger partial charge in [-0.3, -0.25) is 19.5 Å². The van der Waals surface area contributed by atoms with Gasteiger partial charge in [0, 0.05) is 17.8 Å². The van der Waals surface area contributed by atoms with E-state index in [1.165, 1.54) is 11.3 Å². The summed E-state index contributed by atoms with van der Waals surface area (Å²) in [5.74, 6) is -0.437. The molecule has 2 aliphatic heterocycles. The van der Waals surface area contributed by atoms with Crippen molar-refractivity contribution in [3.63, 3.8) is 0 Å². The van der Waals surface area contributed by atoms with Crippen LogP contribution in [0.1, 0.15) is 48.5 Å². The van der Waals surface area contributed by atoms with Crippen LogP contribution in [-0.4, -0.2) is 55.2 Å². The second kappa shape index (κ2) is 9.43. The summed E-state index contributed by atoms with van der Waals surface area (Å²) in [4.78, 5) is 35.0.